The van der Waals surface area contributed by atoms with Crippen LogP contribution in [0.3, 0.4) is 0 Å². The third-order valence-corrected chi connectivity index (χ3v) is 1.96. The molecule has 1 rings (SSSR count). The van der Waals surface area contributed by atoms with Gasteiger partial charge in [0.1, 0.15) is 0 Å². The number of rotatable bonds is 1. The smallest absolute Gasteiger partial charge is 0.311 e. The second kappa shape index (κ2) is 3.25. The van der Waals surface area contributed by atoms with Crippen LogP contribution in [0.4, 0.5) is 11.5 Å². The van der Waals surface area contributed by atoms with Crippen molar-refractivity contribution in [3.63, 3.8) is 0 Å². The van der Waals surface area contributed by atoms with Crippen LogP contribution >= 0.6 is 0 Å². The topological polar surface area (TPSA) is 82.0 Å². The van der Waals surface area contributed by atoms with Gasteiger partial charge in [0.05, 0.1) is 4.92 Å². The molecule has 0 aliphatic carbocycles. The highest BCUT2D eigenvalue weighted by Crippen LogP contribution is 2.27. The molecular weight excluding hydrogens is 182 g/mol. The summed E-state index contributed by atoms with van der Waals surface area (Å²) in [6, 6.07) is 1.47. The molecule has 0 atom stereocenters. The van der Waals surface area contributed by atoms with Gasteiger partial charge in [-0.2, -0.15) is 0 Å². The lowest BCUT2D eigenvalue weighted by Crippen LogP contribution is -2.12. The Morgan fingerprint density at radius 1 is 1.50 bits per heavy atom. The molecule has 0 saturated heterocycles. The summed E-state index contributed by atoms with van der Waals surface area (Å²) in [5, 5.41) is 10.6. The number of anilines is 1. The fourth-order valence-electron chi connectivity index (χ4n) is 1.02. The van der Waals surface area contributed by atoms with Crippen LogP contribution in [0.2, 0.25) is 0 Å². The van der Waals surface area contributed by atoms with Crippen molar-refractivity contribution in [1.82, 2.24) is 4.98 Å². The summed E-state index contributed by atoms with van der Waals surface area (Å²) >= 11 is 0. The SMILES string of the molecule is CC(C)(C)c1cnc(N)c([N+](=O)[O-])c1. The van der Waals surface area contributed by atoms with Gasteiger partial charge in [0.15, 0.2) is 0 Å². The molecular formula is C9H13N3O2. The summed E-state index contributed by atoms with van der Waals surface area (Å²) in [4.78, 5) is 13.9. The third kappa shape index (κ3) is 1.99. The molecule has 0 unspecified atom stereocenters. The lowest BCUT2D eigenvalue weighted by Gasteiger charge is -2.17. The van der Waals surface area contributed by atoms with Crippen molar-refractivity contribution in [3.05, 3.63) is 27.9 Å². The van der Waals surface area contributed by atoms with E-state index in [0.29, 0.717) is 0 Å². The fraction of sp³-hybridized carbons (Fsp3) is 0.444. The van der Waals surface area contributed by atoms with Crippen LogP contribution in [-0.4, -0.2) is 9.91 Å². The van der Waals surface area contributed by atoms with E-state index in [-0.39, 0.29) is 16.9 Å². The Morgan fingerprint density at radius 3 is 2.50 bits per heavy atom. The molecule has 0 spiro atoms. The molecule has 0 aromatic carbocycles. The molecule has 0 amide bonds. The number of nitrogen functional groups attached to an aromatic ring is 1. The molecule has 1 heterocycles. The van der Waals surface area contributed by atoms with Gasteiger partial charge in [0, 0.05) is 12.3 Å². The van der Waals surface area contributed by atoms with Crippen molar-refractivity contribution in [1.29, 1.82) is 0 Å². The number of nitro groups is 1. The van der Waals surface area contributed by atoms with Crippen LogP contribution in [0.15, 0.2) is 12.3 Å². The first-order valence-electron chi connectivity index (χ1n) is 4.23. The van der Waals surface area contributed by atoms with E-state index in [4.69, 9.17) is 5.73 Å². The predicted molar refractivity (Wildman–Crippen MR) is 54.0 cm³/mol. The van der Waals surface area contributed by atoms with Crippen molar-refractivity contribution in [2.24, 2.45) is 0 Å². The van der Waals surface area contributed by atoms with Gasteiger partial charge in [0.2, 0.25) is 5.82 Å². The lowest BCUT2D eigenvalue weighted by molar-refractivity contribution is -0.384. The van der Waals surface area contributed by atoms with E-state index in [9.17, 15) is 10.1 Å². The summed E-state index contributed by atoms with van der Waals surface area (Å²) in [6.45, 7) is 5.89. The molecule has 2 N–H and O–H groups in total. The molecule has 0 bridgehead atoms. The average molecular weight is 195 g/mol. The highest BCUT2D eigenvalue weighted by molar-refractivity contribution is 5.53. The zero-order valence-electron chi connectivity index (χ0n) is 8.44. The molecule has 0 radical (unpaired) electrons. The monoisotopic (exact) mass is 195 g/mol. The van der Waals surface area contributed by atoms with Crippen LogP contribution in [0.25, 0.3) is 0 Å². The van der Waals surface area contributed by atoms with Gasteiger partial charge in [-0.05, 0) is 11.0 Å². The predicted octanol–water partition coefficient (Wildman–Crippen LogP) is 1.87. The van der Waals surface area contributed by atoms with Crippen LogP contribution in [0, 0.1) is 10.1 Å². The van der Waals surface area contributed by atoms with Gasteiger partial charge in [0.25, 0.3) is 0 Å². The summed E-state index contributed by atoms with van der Waals surface area (Å²) in [5.74, 6) is -0.0389. The Balaban J connectivity index is 3.27. The van der Waals surface area contributed by atoms with Crippen LogP contribution in [0.5, 0.6) is 0 Å². The quantitative estimate of drug-likeness (QED) is 0.547. The highest BCUT2D eigenvalue weighted by Gasteiger charge is 2.20. The largest absolute Gasteiger partial charge is 0.378 e. The van der Waals surface area contributed by atoms with Crippen LogP contribution in [-0.2, 0) is 5.41 Å². The average Bonchev–Trinajstić information content (AvgIpc) is 2.02. The Kier molecular flexibility index (Phi) is 2.42. The van der Waals surface area contributed by atoms with Crippen molar-refractivity contribution in [2.45, 2.75) is 26.2 Å². The maximum atomic E-state index is 10.6. The van der Waals surface area contributed by atoms with Crippen molar-refractivity contribution >= 4 is 11.5 Å². The number of aromatic nitrogens is 1. The second-order valence-electron chi connectivity index (χ2n) is 4.14. The molecule has 0 aliphatic rings. The molecule has 5 heteroatoms. The Bertz CT molecular complexity index is 369. The van der Waals surface area contributed by atoms with Gasteiger partial charge in [-0.15, -0.1) is 0 Å². The first kappa shape index (κ1) is 10.4. The maximum Gasteiger partial charge on any atom is 0.311 e. The number of nitrogens with zero attached hydrogens (tertiary/aromatic N) is 2. The zero-order chi connectivity index (χ0) is 10.9. The lowest BCUT2D eigenvalue weighted by atomic mass is 9.88. The van der Waals surface area contributed by atoms with Gasteiger partial charge in [-0.3, -0.25) is 10.1 Å². The van der Waals surface area contributed by atoms with E-state index >= 15 is 0 Å². The summed E-state index contributed by atoms with van der Waals surface area (Å²) in [5.41, 5.74) is 5.90. The molecule has 14 heavy (non-hydrogen) atoms. The molecule has 1 aromatic rings. The van der Waals surface area contributed by atoms with Gasteiger partial charge in [-0.25, -0.2) is 4.98 Å². The van der Waals surface area contributed by atoms with Crippen LogP contribution < -0.4 is 5.73 Å². The van der Waals surface area contributed by atoms with Gasteiger partial charge < -0.3 is 5.73 Å². The number of pyridine rings is 1. The van der Waals surface area contributed by atoms with Crippen molar-refractivity contribution in [3.8, 4) is 0 Å². The molecule has 5 nitrogen and oxygen atoms in total. The third-order valence-electron chi connectivity index (χ3n) is 1.96. The second-order valence-corrected chi connectivity index (χ2v) is 4.14. The highest BCUT2D eigenvalue weighted by atomic mass is 16.6. The molecule has 76 valence electrons. The fourth-order valence-corrected chi connectivity index (χ4v) is 1.02. The van der Waals surface area contributed by atoms with Gasteiger partial charge >= 0.3 is 5.69 Å². The first-order chi connectivity index (χ1) is 6.32. The number of hydrogen-bond donors (Lipinski definition) is 1. The molecule has 0 saturated carbocycles. The maximum absolute atomic E-state index is 10.6. The Morgan fingerprint density at radius 2 is 2.07 bits per heavy atom. The minimum Gasteiger partial charge on any atom is -0.378 e. The normalized spacial score (nSPS) is 11.4. The number of hydrogen-bond acceptors (Lipinski definition) is 4. The molecule has 1 aromatic heterocycles. The van der Waals surface area contributed by atoms with E-state index in [2.05, 4.69) is 4.98 Å². The van der Waals surface area contributed by atoms with E-state index in [1.165, 1.54) is 6.07 Å². The van der Waals surface area contributed by atoms with Crippen LogP contribution in [0.1, 0.15) is 26.3 Å². The number of nitrogens with two attached hydrogens (primary N) is 1. The van der Waals surface area contributed by atoms with E-state index < -0.39 is 4.92 Å². The standard InChI is InChI=1S/C9H13N3O2/c1-9(2,3)6-4-7(12(13)14)8(10)11-5-6/h4-5H,1-3H3,(H2,10,11). The van der Waals surface area contributed by atoms with E-state index in [1.807, 2.05) is 20.8 Å². The summed E-state index contributed by atoms with van der Waals surface area (Å²) in [7, 11) is 0. The molecule has 0 fully saturated rings. The zero-order valence-corrected chi connectivity index (χ0v) is 8.44. The Labute approximate surface area is 82.1 Å². The van der Waals surface area contributed by atoms with Crippen molar-refractivity contribution in [2.75, 3.05) is 5.73 Å². The first-order valence-corrected chi connectivity index (χ1v) is 4.23. The summed E-state index contributed by atoms with van der Waals surface area (Å²) in [6.07, 6.45) is 1.57. The minimum absolute atomic E-state index is 0.0389. The molecule has 0 aliphatic heterocycles. The van der Waals surface area contributed by atoms with E-state index in [1.54, 1.807) is 6.20 Å². The summed E-state index contributed by atoms with van der Waals surface area (Å²) < 4.78 is 0. The van der Waals surface area contributed by atoms with Crippen molar-refractivity contribution < 1.29 is 4.92 Å². The Hall–Kier alpha value is -1.65. The minimum atomic E-state index is -0.516. The van der Waals surface area contributed by atoms with Gasteiger partial charge in [-0.1, -0.05) is 20.8 Å². The van der Waals surface area contributed by atoms with E-state index in [0.717, 1.165) is 5.56 Å².